The number of likely N-dealkylation sites (tertiary alicyclic amines) is 1. The first-order chi connectivity index (χ1) is 30.4. The molecule has 2 aromatic carbocycles. The van der Waals surface area contributed by atoms with E-state index < -0.39 is 6.43 Å². The predicted octanol–water partition coefficient (Wildman–Crippen LogP) is 7.38. The van der Waals surface area contributed by atoms with E-state index in [0.717, 1.165) is 97.3 Å². The first-order valence-electron chi connectivity index (χ1n) is 22.0. The van der Waals surface area contributed by atoms with Crippen molar-refractivity contribution in [1.82, 2.24) is 35.2 Å². The number of unbranched alkanes of at least 4 members (excludes halogenated alkanes) is 2. The molecule has 3 aliphatic heterocycles. The molecule has 3 aliphatic rings. The summed E-state index contributed by atoms with van der Waals surface area (Å²) in [5.41, 5.74) is 6.74. The third-order valence-corrected chi connectivity index (χ3v) is 13.1. The smallest absolute Gasteiger partial charge is 0.264 e. The van der Waals surface area contributed by atoms with Crippen molar-refractivity contribution in [1.29, 1.82) is 5.41 Å². The number of nitrogens with zero attached hydrogens (tertiary/aromatic N) is 6. The molecule has 63 heavy (non-hydrogen) atoms. The Kier molecular flexibility index (Phi) is 14.9. The Balaban J connectivity index is 0.903. The number of nitrogens with one attached hydrogen (secondary N) is 5. The van der Waals surface area contributed by atoms with E-state index in [1.165, 1.54) is 11.3 Å². The number of hydrogen-bond acceptors (Lipinski definition) is 11. The van der Waals surface area contributed by atoms with Crippen LogP contribution in [0.3, 0.4) is 0 Å². The summed E-state index contributed by atoms with van der Waals surface area (Å²) in [5.74, 6) is 0.552. The molecule has 0 bridgehead atoms. The van der Waals surface area contributed by atoms with Crippen molar-refractivity contribution >= 4 is 63.2 Å². The maximum atomic E-state index is 14.6. The van der Waals surface area contributed by atoms with Gasteiger partial charge in [-0.3, -0.25) is 29.3 Å². The normalized spacial score (nSPS) is 15.8. The number of aromatic nitrogens is 3. The first-order valence-corrected chi connectivity index (χ1v) is 22.8. The molecule has 4 aromatic rings. The minimum atomic E-state index is -2.74. The molecule has 5 heterocycles. The number of halogens is 2. The molecule has 2 aromatic heterocycles. The van der Waals surface area contributed by atoms with Gasteiger partial charge >= 0.3 is 0 Å². The average molecular weight is 884 g/mol. The summed E-state index contributed by atoms with van der Waals surface area (Å²) in [6, 6.07) is 9.20. The van der Waals surface area contributed by atoms with E-state index in [4.69, 9.17) is 10.5 Å². The molecule has 1 saturated heterocycles. The number of carbonyl (C=O) groups excluding carboxylic acids is 3. The number of piperidine rings is 1. The van der Waals surface area contributed by atoms with E-state index in [2.05, 4.69) is 40.7 Å². The number of alkyl halides is 2. The molecule has 0 spiro atoms. The molecule has 0 aliphatic carbocycles. The fourth-order valence-electron chi connectivity index (χ4n) is 8.94. The zero-order valence-corrected chi connectivity index (χ0v) is 37.5. The summed E-state index contributed by atoms with van der Waals surface area (Å²) < 4.78 is 31.4. The molecule has 7 rings (SSSR count). The molecular formula is C46H59F2N11O3S. The first kappa shape index (κ1) is 45.3. The lowest BCUT2D eigenvalue weighted by atomic mass is 9.92. The van der Waals surface area contributed by atoms with E-state index in [1.807, 2.05) is 36.9 Å². The topological polar surface area (TPSA) is 164 Å². The monoisotopic (exact) mass is 883 g/mol. The standard InChI is InChI=1S/C46H59F2N11O3S/c1-29-21-34(10-11-36(29)45(62)54-46-53-25-30(2)63-46)51-15-6-5-7-16-52-42(61)28-56-18-12-35(13-19-56)59-40-14-20-57(31(3)60)27-39(40)44(55-59)58-17-8-9-32-22-37(33(24-49)26-50-4)38(43(47)48)23-41(32)58/h10-11,21-26,35,43,49-51H,5-9,12-20,27-28H2,1-4H3,(H,52,61)(H,53,54,62)/b33-26+,49-24?. The highest BCUT2D eigenvalue weighted by atomic mass is 32.1. The number of allylic oxidation sites excluding steroid dienone is 1. The van der Waals surface area contributed by atoms with Gasteiger partial charge in [0.15, 0.2) is 10.9 Å². The molecule has 0 atom stereocenters. The van der Waals surface area contributed by atoms with Gasteiger partial charge in [-0.2, -0.15) is 5.10 Å². The molecule has 5 N–H and O–H groups in total. The zero-order chi connectivity index (χ0) is 44.6. The van der Waals surface area contributed by atoms with E-state index in [1.54, 1.807) is 38.5 Å². The molecule has 17 heteroatoms. The number of anilines is 4. The summed E-state index contributed by atoms with van der Waals surface area (Å²) >= 11 is 1.45. The number of rotatable bonds is 17. The number of carbonyl (C=O) groups is 3. The summed E-state index contributed by atoms with van der Waals surface area (Å²) in [4.78, 5) is 49.6. The van der Waals surface area contributed by atoms with E-state index in [9.17, 15) is 23.2 Å². The second-order valence-electron chi connectivity index (χ2n) is 16.6. The Morgan fingerprint density at radius 3 is 2.49 bits per heavy atom. The van der Waals surface area contributed by atoms with Crippen LogP contribution in [0.5, 0.6) is 0 Å². The van der Waals surface area contributed by atoms with Crippen LogP contribution in [0.2, 0.25) is 0 Å². The third kappa shape index (κ3) is 10.8. The fraction of sp³-hybridized carbons (Fsp3) is 0.478. The quantitative estimate of drug-likeness (QED) is 0.0538. The van der Waals surface area contributed by atoms with Gasteiger partial charge in [0.1, 0.15) is 0 Å². The average Bonchev–Trinajstić information content (AvgIpc) is 3.86. The third-order valence-electron chi connectivity index (χ3n) is 12.2. The highest BCUT2D eigenvalue weighted by molar-refractivity contribution is 7.15. The van der Waals surface area contributed by atoms with Crippen molar-refractivity contribution in [2.24, 2.45) is 0 Å². The van der Waals surface area contributed by atoms with Gasteiger partial charge in [0.25, 0.3) is 12.3 Å². The van der Waals surface area contributed by atoms with Gasteiger partial charge in [0, 0.05) is 122 Å². The Bertz CT molecular complexity index is 2330. The second kappa shape index (κ2) is 20.7. The number of aryl methyl sites for hydroxylation is 3. The predicted molar refractivity (Wildman–Crippen MR) is 246 cm³/mol. The Morgan fingerprint density at radius 1 is 1.00 bits per heavy atom. The number of thiazole rings is 1. The van der Waals surface area contributed by atoms with Crippen LogP contribution in [-0.2, 0) is 29.0 Å². The van der Waals surface area contributed by atoms with Crippen LogP contribution in [0.15, 0.2) is 42.7 Å². The lowest BCUT2D eigenvalue weighted by molar-refractivity contribution is -0.129. The van der Waals surface area contributed by atoms with Crippen LogP contribution in [0, 0.1) is 19.3 Å². The van der Waals surface area contributed by atoms with Crippen LogP contribution >= 0.6 is 11.3 Å². The molecular weight excluding hydrogens is 825 g/mol. The van der Waals surface area contributed by atoms with Gasteiger partial charge in [-0.1, -0.05) is 0 Å². The Morgan fingerprint density at radius 2 is 1.79 bits per heavy atom. The van der Waals surface area contributed by atoms with Crippen molar-refractivity contribution in [3.8, 4) is 0 Å². The van der Waals surface area contributed by atoms with Gasteiger partial charge in [0.05, 0.1) is 19.1 Å². The molecule has 3 amide bonds. The molecule has 14 nitrogen and oxygen atoms in total. The number of hydrogen-bond donors (Lipinski definition) is 5. The van der Waals surface area contributed by atoms with Gasteiger partial charge in [-0.25, -0.2) is 13.8 Å². The summed E-state index contributed by atoms with van der Waals surface area (Å²) in [7, 11) is 1.68. The van der Waals surface area contributed by atoms with Crippen molar-refractivity contribution in [2.75, 3.05) is 68.4 Å². The number of amides is 3. The minimum Gasteiger partial charge on any atom is -0.393 e. The lowest BCUT2D eigenvalue weighted by Gasteiger charge is -2.33. The SMILES string of the molecule is CN/C=C(\C=N)c1cc2c(cc1C(F)F)N(c1nn(C3CCN(CC(=O)NCCCCCNc4ccc(C(=O)Nc5ncc(C)s5)c(C)c4)CC3)c3c1CN(C(C)=O)CC3)CCC2. The van der Waals surface area contributed by atoms with Gasteiger partial charge in [-0.05, 0) is 106 Å². The molecule has 0 unspecified atom stereocenters. The summed E-state index contributed by atoms with van der Waals surface area (Å²) in [6.45, 7) is 10.3. The fourth-order valence-corrected chi connectivity index (χ4v) is 9.60. The maximum Gasteiger partial charge on any atom is 0.264 e. The largest absolute Gasteiger partial charge is 0.393 e. The highest BCUT2D eigenvalue weighted by Gasteiger charge is 2.35. The van der Waals surface area contributed by atoms with Crippen LogP contribution in [-0.4, -0.2) is 101 Å². The van der Waals surface area contributed by atoms with Crippen LogP contribution < -0.4 is 26.2 Å². The Labute approximate surface area is 372 Å². The molecule has 336 valence electrons. The van der Waals surface area contributed by atoms with E-state index in [-0.39, 0.29) is 29.3 Å². The highest BCUT2D eigenvalue weighted by Crippen LogP contribution is 2.43. The number of benzene rings is 2. The van der Waals surface area contributed by atoms with E-state index in [0.29, 0.717) is 78.9 Å². The Hall–Kier alpha value is -5.68. The van der Waals surface area contributed by atoms with Gasteiger partial charge in [-0.15, -0.1) is 11.3 Å². The van der Waals surface area contributed by atoms with Crippen LogP contribution in [0.4, 0.5) is 31.1 Å². The summed E-state index contributed by atoms with van der Waals surface area (Å²) in [5, 5.41) is 26.0. The van der Waals surface area contributed by atoms with Crippen molar-refractivity contribution in [2.45, 2.75) is 91.1 Å². The van der Waals surface area contributed by atoms with Gasteiger partial charge in [0.2, 0.25) is 11.8 Å². The molecule has 0 saturated carbocycles. The van der Waals surface area contributed by atoms with Crippen LogP contribution in [0.25, 0.3) is 5.57 Å². The molecule has 1 fully saturated rings. The van der Waals surface area contributed by atoms with E-state index >= 15 is 0 Å². The van der Waals surface area contributed by atoms with Crippen molar-refractivity contribution in [3.05, 3.63) is 86.7 Å². The van der Waals surface area contributed by atoms with Crippen LogP contribution in [0.1, 0.15) is 107 Å². The second-order valence-corrected chi connectivity index (χ2v) is 17.9. The van der Waals surface area contributed by atoms with Gasteiger partial charge < -0.3 is 31.2 Å². The lowest BCUT2D eigenvalue weighted by Crippen LogP contribution is -2.42. The maximum absolute atomic E-state index is 14.6. The molecule has 0 radical (unpaired) electrons. The van der Waals surface area contributed by atoms with Crippen molar-refractivity contribution in [3.63, 3.8) is 0 Å². The zero-order valence-electron chi connectivity index (χ0n) is 36.7. The number of fused-ring (bicyclic) bond motifs is 2. The van der Waals surface area contributed by atoms with Crippen molar-refractivity contribution < 1.29 is 23.2 Å². The summed E-state index contributed by atoms with van der Waals surface area (Å²) in [6.07, 6.45) is 8.25. The minimum absolute atomic E-state index is 0.0119.